The second kappa shape index (κ2) is 8.66. The Bertz CT molecular complexity index is 448. The Morgan fingerprint density at radius 3 is 2.52 bits per heavy atom. The second-order valence-corrected chi connectivity index (χ2v) is 6.25. The van der Waals surface area contributed by atoms with Crippen molar-refractivity contribution in [3.05, 3.63) is 42.0 Å². The molecule has 0 aliphatic carbocycles. The molecule has 0 fully saturated rings. The number of benzene rings is 1. The first-order chi connectivity index (χ1) is 9.95. The number of hydrogen-bond acceptors (Lipinski definition) is 2. The minimum atomic E-state index is -0.354. The summed E-state index contributed by atoms with van der Waals surface area (Å²) in [5, 5.41) is 0. The van der Waals surface area contributed by atoms with Crippen LogP contribution in [-0.4, -0.2) is 11.6 Å². The summed E-state index contributed by atoms with van der Waals surface area (Å²) < 4.78 is 5.66. The third-order valence-corrected chi connectivity index (χ3v) is 3.79. The fourth-order valence-electron chi connectivity index (χ4n) is 2.19. The molecule has 1 atom stereocenters. The summed E-state index contributed by atoms with van der Waals surface area (Å²) >= 11 is 0. The first-order valence-electron chi connectivity index (χ1n) is 7.91. The largest absolute Gasteiger partial charge is 0.456 e. The predicted molar refractivity (Wildman–Crippen MR) is 89.0 cm³/mol. The van der Waals surface area contributed by atoms with Gasteiger partial charge in [-0.25, -0.2) is 4.79 Å². The van der Waals surface area contributed by atoms with Gasteiger partial charge in [-0.2, -0.15) is 0 Å². The van der Waals surface area contributed by atoms with Crippen molar-refractivity contribution in [1.82, 2.24) is 0 Å². The molecule has 1 unspecified atom stereocenters. The Balaban J connectivity index is 2.51. The first kappa shape index (κ1) is 17.5. The van der Waals surface area contributed by atoms with Crippen LogP contribution in [0.5, 0.6) is 0 Å². The molecule has 0 radical (unpaired) electrons. The molecule has 2 heteroatoms. The molecule has 0 aliphatic heterocycles. The van der Waals surface area contributed by atoms with E-state index in [2.05, 4.69) is 20.8 Å². The highest BCUT2D eigenvalue weighted by Crippen LogP contribution is 2.24. The molecule has 0 aliphatic rings. The van der Waals surface area contributed by atoms with Gasteiger partial charge in [-0.05, 0) is 43.7 Å². The average Bonchev–Trinajstić information content (AvgIpc) is 2.46. The maximum atomic E-state index is 12.0. The van der Waals surface area contributed by atoms with Gasteiger partial charge in [-0.1, -0.05) is 57.5 Å². The molecule has 116 valence electrons. The maximum absolute atomic E-state index is 12.0. The highest BCUT2D eigenvalue weighted by atomic mass is 16.6. The summed E-state index contributed by atoms with van der Waals surface area (Å²) in [4.78, 5) is 12.0. The Hall–Kier alpha value is -1.57. The van der Waals surface area contributed by atoms with E-state index in [1.807, 2.05) is 37.3 Å². The van der Waals surface area contributed by atoms with Crippen LogP contribution in [0.1, 0.15) is 58.9 Å². The fourth-order valence-corrected chi connectivity index (χ4v) is 2.19. The normalized spacial score (nSPS) is 14.3. The zero-order valence-electron chi connectivity index (χ0n) is 13.8. The van der Waals surface area contributed by atoms with Crippen LogP contribution in [0.4, 0.5) is 0 Å². The quantitative estimate of drug-likeness (QED) is 0.483. The summed E-state index contributed by atoms with van der Waals surface area (Å²) in [5.41, 5.74) is 0.653. The van der Waals surface area contributed by atoms with Gasteiger partial charge in [0.2, 0.25) is 0 Å². The van der Waals surface area contributed by atoms with Crippen molar-refractivity contribution in [2.75, 3.05) is 0 Å². The minimum absolute atomic E-state index is 0.257. The smallest absolute Gasteiger partial charge is 0.331 e. The molecule has 0 heterocycles. The van der Waals surface area contributed by atoms with Gasteiger partial charge in [0.05, 0.1) is 0 Å². The SMILES string of the molecule is CCC(C)(CCCC(C)C)OC(=O)/C=C/c1ccccc1. The number of rotatable bonds is 8. The Labute approximate surface area is 129 Å². The molecule has 1 aromatic rings. The highest BCUT2D eigenvalue weighted by molar-refractivity contribution is 5.87. The van der Waals surface area contributed by atoms with E-state index < -0.39 is 0 Å². The summed E-state index contributed by atoms with van der Waals surface area (Å²) in [7, 11) is 0. The standard InChI is InChI=1S/C19H28O2/c1-5-19(4,15-9-10-16(2)3)21-18(20)14-13-17-11-7-6-8-12-17/h6-8,11-14,16H,5,9-10,15H2,1-4H3/b14-13+. The van der Waals surface area contributed by atoms with E-state index >= 15 is 0 Å². The van der Waals surface area contributed by atoms with Gasteiger partial charge < -0.3 is 4.74 Å². The lowest BCUT2D eigenvalue weighted by atomic mass is 9.93. The van der Waals surface area contributed by atoms with E-state index in [1.54, 1.807) is 6.08 Å². The van der Waals surface area contributed by atoms with Gasteiger partial charge in [0.1, 0.15) is 5.60 Å². The van der Waals surface area contributed by atoms with Gasteiger partial charge >= 0.3 is 5.97 Å². The molecule has 0 spiro atoms. The van der Waals surface area contributed by atoms with E-state index in [1.165, 1.54) is 12.5 Å². The van der Waals surface area contributed by atoms with Crippen LogP contribution in [-0.2, 0) is 9.53 Å². The molecule has 1 rings (SSSR count). The van der Waals surface area contributed by atoms with Crippen molar-refractivity contribution < 1.29 is 9.53 Å². The van der Waals surface area contributed by atoms with Gasteiger partial charge in [-0.15, -0.1) is 0 Å². The van der Waals surface area contributed by atoms with E-state index in [0.29, 0.717) is 5.92 Å². The third kappa shape index (κ3) is 7.12. The number of carbonyl (C=O) groups excluding carboxylic acids is 1. The Morgan fingerprint density at radius 1 is 1.29 bits per heavy atom. The summed E-state index contributed by atoms with van der Waals surface area (Å²) in [5.74, 6) is 0.438. The molecular weight excluding hydrogens is 260 g/mol. The molecule has 1 aromatic carbocycles. The summed E-state index contributed by atoms with van der Waals surface area (Å²) in [6, 6.07) is 9.79. The molecule has 2 nitrogen and oxygen atoms in total. The molecule has 0 aromatic heterocycles. The van der Waals surface area contributed by atoms with E-state index in [9.17, 15) is 4.79 Å². The van der Waals surface area contributed by atoms with E-state index in [4.69, 9.17) is 4.74 Å². The Morgan fingerprint density at radius 2 is 1.95 bits per heavy atom. The maximum Gasteiger partial charge on any atom is 0.331 e. The Kier molecular flexibility index (Phi) is 7.21. The van der Waals surface area contributed by atoms with Crippen LogP contribution >= 0.6 is 0 Å². The monoisotopic (exact) mass is 288 g/mol. The van der Waals surface area contributed by atoms with Crippen LogP contribution in [0.3, 0.4) is 0 Å². The van der Waals surface area contributed by atoms with Crippen LogP contribution in [0.25, 0.3) is 6.08 Å². The molecule has 0 saturated heterocycles. The van der Waals surface area contributed by atoms with Crippen molar-refractivity contribution >= 4 is 12.0 Å². The van der Waals surface area contributed by atoms with Crippen LogP contribution in [0.2, 0.25) is 0 Å². The van der Waals surface area contributed by atoms with Crippen molar-refractivity contribution in [3.8, 4) is 0 Å². The number of ether oxygens (including phenoxy) is 1. The molecule has 0 saturated carbocycles. The molecule has 21 heavy (non-hydrogen) atoms. The third-order valence-electron chi connectivity index (χ3n) is 3.79. The van der Waals surface area contributed by atoms with Crippen LogP contribution in [0.15, 0.2) is 36.4 Å². The van der Waals surface area contributed by atoms with Gasteiger partial charge in [-0.3, -0.25) is 0 Å². The predicted octanol–water partition coefficient (Wildman–Crippen LogP) is 5.24. The van der Waals surface area contributed by atoms with Crippen molar-refractivity contribution in [3.63, 3.8) is 0 Å². The van der Waals surface area contributed by atoms with Crippen molar-refractivity contribution in [1.29, 1.82) is 0 Å². The van der Waals surface area contributed by atoms with Gasteiger partial charge in [0.25, 0.3) is 0 Å². The lowest BCUT2D eigenvalue weighted by Gasteiger charge is -2.28. The highest BCUT2D eigenvalue weighted by Gasteiger charge is 2.25. The lowest BCUT2D eigenvalue weighted by molar-refractivity contribution is -0.152. The lowest BCUT2D eigenvalue weighted by Crippen LogP contribution is -2.30. The van der Waals surface area contributed by atoms with Crippen LogP contribution < -0.4 is 0 Å². The molecule has 0 amide bonds. The average molecular weight is 288 g/mol. The number of esters is 1. The molecular formula is C19H28O2. The zero-order valence-corrected chi connectivity index (χ0v) is 13.8. The van der Waals surface area contributed by atoms with Gasteiger partial charge in [0.15, 0.2) is 0 Å². The molecule has 0 bridgehead atoms. The minimum Gasteiger partial charge on any atom is -0.456 e. The second-order valence-electron chi connectivity index (χ2n) is 6.25. The fraction of sp³-hybridized carbons (Fsp3) is 0.526. The van der Waals surface area contributed by atoms with Crippen LogP contribution in [0, 0.1) is 5.92 Å². The summed E-state index contributed by atoms with van der Waals surface area (Å²) in [6.45, 7) is 8.54. The first-order valence-corrected chi connectivity index (χ1v) is 7.91. The summed E-state index contributed by atoms with van der Waals surface area (Å²) in [6.07, 6.45) is 7.35. The van der Waals surface area contributed by atoms with Crippen molar-refractivity contribution in [2.45, 2.75) is 59.0 Å². The topological polar surface area (TPSA) is 26.3 Å². The van der Waals surface area contributed by atoms with E-state index in [-0.39, 0.29) is 11.6 Å². The van der Waals surface area contributed by atoms with E-state index in [0.717, 1.165) is 24.8 Å². The molecule has 0 N–H and O–H groups in total. The number of carbonyl (C=O) groups is 1. The zero-order chi connectivity index (χ0) is 15.7. The van der Waals surface area contributed by atoms with Crippen molar-refractivity contribution in [2.24, 2.45) is 5.92 Å². The number of hydrogen-bond donors (Lipinski definition) is 0. The van der Waals surface area contributed by atoms with Gasteiger partial charge in [0, 0.05) is 6.08 Å².